The predicted octanol–water partition coefficient (Wildman–Crippen LogP) is 2.63. The Morgan fingerprint density at radius 3 is 2.16 bits per heavy atom. The van der Waals surface area contributed by atoms with Crippen LogP contribution >= 0.6 is 0 Å². The number of benzene rings is 2. The number of sulfonamides is 1. The molecule has 0 bridgehead atoms. The third-order valence-corrected chi connectivity index (χ3v) is 7.83. The summed E-state index contributed by atoms with van der Waals surface area (Å²) in [7, 11) is -4.17. The number of carbonyl (C=O) groups is 1. The maximum atomic E-state index is 14.1. The molecule has 166 valence electrons. The van der Waals surface area contributed by atoms with E-state index in [1.807, 2.05) is 40.1 Å². The highest BCUT2D eigenvalue weighted by Gasteiger charge is 2.37. The lowest BCUT2D eigenvalue weighted by Crippen LogP contribution is -2.52. The van der Waals surface area contributed by atoms with E-state index in [9.17, 15) is 22.0 Å². The number of likely N-dealkylation sites (tertiary alicyclic amines) is 1. The van der Waals surface area contributed by atoms with E-state index in [-0.39, 0.29) is 19.0 Å². The fourth-order valence-corrected chi connectivity index (χ4v) is 5.77. The van der Waals surface area contributed by atoms with Crippen molar-refractivity contribution in [1.29, 1.82) is 0 Å². The van der Waals surface area contributed by atoms with Crippen LogP contribution in [0.4, 0.5) is 8.78 Å². The van der Waals surface area contributed by atoms with Gasteiger partial charge in [0.15, 0.2) is 0 Å². The van der Waals surface area contributed by atoms with Crippen molar-refractivity contribution in [3.05, 3.63) is 65.7 Å². The van der Waals surface area contributed by atoms with Gasteiger partial charge in [-0.2, -0.15) is 4.31 Å². The molecule has 0 aromatic heterocycles. The molecule has 6 nitrogen and oxygen atoms in total. The van der Waals surface area contributed by atoms with Crippen LogP contribution in [0.15, 0.2) is 53.4 Å². The van der Waals surface area contributed by atoms with Crippen molar-refractivity contribution in [3.8, 4) is 0 Å². The van der Waals surface area contributed by atoms with Crippen LogP contribution in [0, 0.1) is 11.6 Å². The molecule has 1 amide bonds. The van der Waals surface area contributed by atoms with Gasteiger partial charge in [-0.05, 0) is 36.6 Å². The molecule has 4 rings (SSSR count). The zero-order valence-corrected chi connectivity index (χ0v) is 17.9. The molecule has 2 aromatic carbocycles. The van der Waals surface area contributed by atoms with Crippen molar-refractivity contribution in [2.75, 3.05) is 39.3 Å². The molecule has 0 saturated carbocycles. The predicted molar refractivity (Wildman–Crippen MR) is 112 cm³/mol. The number of halogens is 2. The van der Waals surface area contributed by atoms with Crippen molar-refractivity contribution in [3.63, 3.8) is 0 Å². The number of rotatable bonds is 5. The molecule has 0 spiro atoms. The molecule has 0 aliphatic carbocycles. The van der Waals surface area contributed by atoms with E-state index in [2.05, 4.69) is 0 Å². The van der Waals surface area contributed by atoms with E-state index in [0.29, 0.717) is 19.2 Å². The molecule has 31 heavy (non-hydrogen) atoms. The summed E-state index contributed by atoms with van der Waals surface area (Å²) >= 11 is 0. The van der Waals surface area contributed by atoms with Crippen LogP contribution in [0.25, 0.3) is 0 Å². The maximum Gasteiger partial charge on any atom is 0.246 e. The van der Waals surface area contributed by atoms with Crippen LogP contribution in [0.1, 0.15) is 24.4 Å². The lowest BCUT2D eigenvalue weighted by atomic mass is 10.0. The summed E-state index contributed by atoms with van der Waals surface area (Å²) < 4.78 is 54.5. The van der Waals surface area contributed by atoms with E-state index in [1.165, 1.54) is 0 Å². The van der Waals surface area contributed by atoms with Gasteiger partial charge in [0.2, 0.25) is 15.9 Å². The minimum absolute atomic E-state index is 0.0242. The average molecular weight is 450 g/mol. The summed E-state index contributed by atoms with van der Waals surface area (Å²) in [5.74, 6) is -1.76. The molecule has 2 fully saturated rings. The van der Waals surface area contributed by atoms with E-state index in [1.54, 1.807) is 0 Å². The van der Waals surface area contributed by atoms with Crippen LogP contribution in [0.5, 0.6) is 0 Å². The van der Waals surface area contributed by atoms with E-state index in [0.717, 1.165) is 47.9 Å². The summed E-state index contributed by atoms with van der Waals surface area (Å²) in [6.45, 7) is 2.28. The minimum atomic E-state index is -4.17. The first-order valence-electron chi connectivity index (χ1n) is 10.4. The average Bonchev–Trinajstić information content (AvgIpc) is 3.32. The first-order valence-corrected chi connectivity index (χ1v) is 11.8. The summed E-state index contributed by atoms with van der Waals surface area (Å²) in [6, 6.07) is 11.4. The number of amides is 1. The number of piperazine rings is 1. The number of hydrogen-bond donors (Lipinski definition) is 0. The molecule has 2 aromatic rings. The van der Waals surface area contributed by atoms with Gasteiger partial charge in [0.1, 0.15) is 22.6 Å². The fraction of sp³-hybridized carbons (Fsp3) is 0.409. The van der Waals surface area contributed by atoms with Crippen molar-refractivity contribution in [2.24, 2.45) is 0 Å². The minimum Gasteiger partial charge on any atom is -0.341 e. The van der Waals surface area contributed by atoms with Crippen molar-refractivity contribution >= 4 is 15.9 Å². The first kappa shape index (κ1) is 21.9. The fourth-order valence-electron chi connectivity index (χ4n) is 4.27. The first-order chi connectivity index (χ1) is 14.9. The van der Waals surface area contributed by atoms with Crippen LogP contribution in [-0.2, 0) is 14.8 Å². The Labute approximate surface area is 181 Å². The highest BCUT2D eigenvalue weighted by Crippen LogP contribution is 2.28. The van der Waals surface area contributed by atoms with Crippen LogP contribution < -0.4 is 0 Å². The standard InChI is InChI=1S/C22H25F2N3O3S/c23-18-8-9-19(24)20(16-18)31(29,30)27-14-12-25(13-15-27)21(17-6-2-1-3-7-17)22(28)26-10-4-5-11-26/h1-3,6-9,16,21H,4-5,10-15H2/t21-/m1/s1. The second-order valence-corrected chi connectivity index (χ2v) is 9.77. The Balaban J connectivity index is 1.54. The molecular formula is C22H25F2N3O3S. The van der Waals surface area contributed by atoms with Gasteiger partial charge in [0.05, 0.1) is 0 Å². The Morgan fingerprint density at radius 1 is 0.871 bits per heavy atom. The summed E-state index contributed by atoms with van der Waals surface area (Å²) in [4.78, 5) is 16.5. The molecule has 0 unspecified atom stereocenters. The zero-order chi connectivity index (χ0) is 22.0. The normalized spacial score (nSPS) is 19.5. The van der Waals surface area contributed by atoms with Gasteiger partial charge in [0.25, 0.3) is 0 Å². The SMILES string of the molecule is O=C([C@@H](c1ccccc1)N1CCN(S(=O)(=O)c2cc(F)ccc2F)CC1)N1CCCC1. The summed E-state index contributed by atoms with van der Waals surface area (Å²) in [5.41, 5.74) is 0.867. The maximum absolute atomic E-state index is 14.1. The van der Waals surface area contributed by atoms with Crippen LogP contribution in [0.2, 0.25) is 0 Å². The molecule has 0 N–H and O–H groups in total. The lowest BCUT2D eigenvalue weighted by Gasteiger charge is -2.39. The van der Waals surface area contributed by atoms with E-state index >= 15 is 0 Å². The quantitative estimate of drug-likeness (QED) is 0.704. The van der Waals surface area contributed by atoms with Crippen molar-refractivity contribution < 1.29 is 22.0 Å². The number of carbonyl (C=O) groups excluding carboxylic acids is 1. The van der Waals surface area contributed by atoms with Crippen LogP contribution in [-0.4, -0.2) is 67.7 Å². The number of nitrogens with zero attached hydrogens (tertiary/aromatic N) is 3. The third-order valence-electron chi connectivity index (χ3n) is 5.92. The van der Waals surface area contributed by atoms with Gasteiger partial charge >= 0.3 is 0 Å². The highest BCUT2D eigenvalue weighted by molar-refractivity contribution is 7.89. The Kier molecular flexibility index (Phi) is 6.36. The largest absolute Gasteiger partial charge is 0.341 e. The molecule has 2 heterocycles. The van der Waals surface area contributed by atoms with E-state index < -0.39 is 32.6 Å². The van der Waals surface area contributed by atoms with Crippen molar-refractivity contribution in [1.82, 2.24) is 14.1 Å². The summed E-state index contributed by atoms with van der Waals surface area (Å²) in [6.07, 6.45) is 1.97. The van der Waals surface area contributed by atoms with E-state index in [4.69, 9.17) is 0 Å². The molecule has 1 atom stereocenters. The second-order valence-electron chi connectivity index (χ2n) is 7.86. The van der Waals surface area contributed by atoms with Crippen LogP contribution in [0.3, 0.4) is 0 Å². The van der Waals surface area contributed by atoms with Gasteiger partial charge in [-0.3, -0.25) is 9.69 Å². The Hall–Kier alpha value is -2.36. The van der Waals surface area contributed by atoms with Gasteiger partial charge in [0, 0.05) is 39.3 Å². The molecule has 2 aliphatic heterocycles. The van der Waals surface area contributed by atoms with Crippen molar-refractivity contribution in [2.45, 2.75) is 23.8 Å². The Morgan fingerprint density at radius 2 is 1.52 bits per heavy atom. The number of hydrogen-bond acceptors (Lipinski definition) is 4. The topological polar surface area (TPSA) is 60.9 Å². The summed E-state index contributed by atoms with van der Waals surface area (Å²) in [5, 5.41) is 0. The lowest BCUT2D eigenvalue weighted by molar-refractivity contribution is -0.136. The molecular weight excluding hydrogens is 424 g/mol. The monoisotopic (exact) mass is 449 g/mol. The second kappa shape index (κ2) is 9.02. The van der Waals surface area contributed by atoms with Gasteiger partial charge in [-0.15, -0.1) is 0 Å². The zero-order valence-electron chi connectivity index (χ0n) is 17.1. The smallest absolute Gasteiger partial charge is 0.246 e. The molecule has 0 radical (unpaired) electrons. The molecule has 9 heteroatoms. The van der Waals surface area contributed by atoms with Gasteiger partial charge < -0.3 is 4.90 Å². The molecule has 2 aliphatic rings. The molecule has 2 saturated heterocycles. The van der Waals surface area contributed by atoms with Gasteiger partial charge in [-0.25, -0.2) is 17.2 Å². The third kappa shape index (κ3) is 4.49. The highest BCUT2D eigenvalue weighted by atomic mass is 32.2. The van der Waals surface area contributed by atoms with Gasteiger partial charge in [-0.1, -0.05) is 30.3 Å². The Bertz CT molecular complexity index is 1040.